The van der Waals surface area contributed by atoms with Gasteiger partial charge in [-0.25, -0.2) is 9.59 Å². The number of carboxylic acids is 1. The summed E-state index contributed by atoms with van der Waals surface area (Å²) in [5.41, 5.74) is 7.73. The van der Waals surface area contributed by atoms with Crippen LogP contribution in [0.1, 0.15) is 117 Å². The lowest BCUT2D eigenvalue weighted by Gasteiger charge is -2.32. The Hall–Kier alpha value is -5.78. The van der Waals surface area contributed by atoms with Crippen molar-refractivity contribution in [2.75, 3.05) is 20.2 Å². The van der Waals surface area contributed by atoms with Crippen molar-refractivity contribution in [1.82, 2.24) is 36.1 Å². The maximum Gasteiger partial charge on any atom is 0.330 e. The minimum Gasteiger partial charge on any atom is -0.480 e. The zero-order valence-corrected chi connectivity index (χ0v) is 38.6. The van der Waals surface area contributed by atoms with Crippen LogP contribution in [-0.2, 0) is 49.5 Å². The molecule has 1 aromatic heterocycles. The molecular weight excluding hydrogens is 837 g/mol. The van der Waals surface area contributed by atoms with Crippen molar-refractivity contribution in [2.45, 2.75) is 160 Å². The monoisotopic (exact) mass is 907 g/mol. The van der Waals surface area contributed by atoms with Crippen LogP contribution in [0.4, 0.5) is 0 Å². The van der Waals surface area contributed by atoms with Crippen LogP contribution >= 0.6 is 0 Å². The fourth-order valence-corrected chi connectivity index (χ4v) is 8.50. The van der Waals surface area contributed by atoms with Gasteiger partial charge in [0, 0.05) is 42.7 Å². The molecule has 65 heavy (non-hydrogen) atoms. The van der Waals surface area contributed by atoms with Crippen LogP contribution < -0.4 is 27.0 Å². The van der Waals surface area contributed by atoms with Crippen LogP contribution in [0.15, 0.2) is 42.6 Å². The molecule has 2 aliphatic heterocycles. The number of nitrogens with two attached hydrogens (primary N) is 1. The minimum absolute atomic E-state index is 0.0579. The van der Waals surface area contributed by atoms with E-state index in [1.165, 1.54) is 23.0 Å². The number of aromatic nitrogens is 1. The zero-order chi connectivity index (χ0) is 47.6. The normalized spacial score (nSPS) is 18.5. The molecule has 0 saturated carbocycles. The number of aromatic amines is 1. The molecule has 2 aromatic rings. The van der Waals surface area contributed by atoms with Crippen LogP contribution in [0, 0.1) is 5.92 Å². The molecule has 2 saturated heterocycles. The number of ether oxygens (including phenoxy) is 1. The SMILES string of the molecule is CCCCC(NC(=O)C(N)CCC=CC(=O)OC)C(=O)NC(CCCC)C(=O)NC(CC(C)C)C(=O)N1CCCC1C(=O)NC(Cc1c[nH]c2ccccc12)C(=O)N1CCCC1C(=O)O. The molecule has 6 amide bonds. The smallest absolute Gasteiger partial charge is 0.330 e. The summed E-state index contributed by atoms with van der Waals surface area (Å²) in [5, 5.41) is 22.1. The lowest BCUT2D eigenvalue weighted by molar-refractivity contribution is -0.149. The van der Waals surface area contributed by atoms with Gasteiger partial charge in [0.25, 0.3) is 0 Å². The van der Waals surface area contributed by atoms with Gasteiger partial charge in [0.15, 0.2) is 0 Å². The highest BCUT2D eigenvalue weighted by atomic mass is 16.5. The van der Waals surface area contributed by atoms with Gasteiger partial charge in [0.2, 0.25) is 35.4 Å². The summed E-state index contributed by atoms with van der Waals surface area (Å²) in [7, 11) is 1.26. The summed E-state index contributed by atoms with van der Waals surface area (Å²) in [4.78, 5) is 113. The first-order chi connectivity index (χ1) is 31.1. The summed E-state index contributed by atoms with van der Waals surface area (Å²) < 4.78 is 4.57. The molecule has 0 bridgehead atoms. The van der Waals surface area contributed by atoms with Crippen molar-refractivity contribution in [3.05, 3.63) is 48.2 Å². The number of methoxy groups -OCH3 is 1. The minimum atomic E-state index is -1.12. The Bertz CT molecular complexity index is 2000. The van der Waals surface area contributed by atoms with E-state index in [0.717, 1.165) is 22.9 Å². The predicted octanol–water partition coefficient (Wildman–Crippen LogP) is 2.98. The number of allylic oxidation sites excluding steroid dienone is 1. The molecule has 2 aliphatic rings. The number of carboxylic acid groups (broad SMARTS) is 1. The lowest BCUT2D eigenvalue weighted by atomic mass is 10.00. The number of amides is 6. The fraction of sp³-hybridized carbons (Fsp3) is 0.617. The number of para-hydroxylation sites is 1. The molecule has 18 heteroatoms. The number of rotatable bonds is 25. The van der Waals surface area contributed by atoms with Crippen LogP contribution in [-0.4, -0.2) is 130 Å². The van der Waals surface area contributed by atoms with Gasteiger partial charge in [0.1, 0.15) is 36.3 Å². The quantitative estimate of drug-likeness (QED) is 0.0563. The fourth-order valence-electron chi connectivity index (χ4n) is 8.50. The first kappa shape index (κ1) is 51.9. The predicted molar refractivity (Wildman–Crippen MR) is 244 cm³/mol. The van der Waals surface area contributed by atoms with Gasteiger partial charge < -0.3 is 51.6 Å². The van der Waals surface area contributed by atoms with Gasteiger partial charge in [-0.05, 0) is 75.3 Å². The number of carbonyl (C=O) groups excluding carboxylic acids is 7. The summed E-state index contributed by atoms with van der Waals surface area (Å²) in [6, 6.07) is 0.390. The number of likely N-dealkylation sites (tertiary alicyclic amines) is 2. The third-order valence-corrected chi connectivity index (χ3v) is 12.1. The van der Waals surface area contributed by atoms with Crippen LogP contribution in [0.5, 0.6) is 0 Å². The van der Waals surface area contributed by atoms with Crippen molar-refractivity contribution >= 4 is 58.3 Å². The molecule has 8 N–H and O–H groups in total. The number of esters is 1. The van der Waals surface area contributed by atoms with Crippen LogP contribution in [0.2, 0.25) is 0 Å². The Morgan fingerprint density at radius 1 is 0.800 bits per heavy atom. The largest absolute Gasteiger partial charge is 0.480 e. The number of unbranched alkanes of at least 4 members (excludes halogenated alkanes) is 2. The molecule has 3 heterocycles. The number of nitrogens with one attached hydrogen (secondary N) is 5. The van der Waals surface area contributed by atoms with E-state index in [0.29, 0.717) is 57.8 Å². The van der Waals surface area contributed by atoms with Crippen LogP contribution in [0.25, 0.3) is 10.9 Å². The molecule has 7 atom stereocenters. The number of nitrogens with zero attached hydrogens (tertiary/aromatic N) is 2. The van der Waals surface area contributed by atoms with Gasteiger partial charge in [-0.1, -0.05) is 77.7 Å². The van der Waals surface area contributed by atoms with E-state index < -0.39 is 89.7 Å². The van der Waals surface area contributed by atoms with E-state index in [4.69, 9.17) is 5.73 Å². The first-order valence-corrected chi connectivity index (χ1v) is 23.2. The number of hydrogen-bond donors (Lipinski definition) is 7. The Labute approximate surface area is 381 Å². The third-order valence-electron chi connectivity index (χ3n) is 12.1. The molecule has 4 rings (SSSR count). The van der Waals surface area contributed by atoms with Gasteiger partial charge in [-0.3, -0.25) is 28.8 Å². The Balaban J connectivity index is 1.50. The molecular formula is C47H70N8O10. The summed E-state index contributed by atoms with van der Waals surface area (Å²) in [5.74, 6) is -4.94. The second-order valence-electron chi connectivity index (χ2n) is 17.5. The average molecular weight is 907 g/mol. The topological polar surface area (TPSA) is 262 Å². The molecule has 18 nitrogen and oxygen atoms in total. The number of benzene rings is 1. The number of fused-ring (bicyclic) bond motifs is 1. The Morgan fingerprint density at radius 3 is 1.97 bits per heavy atom. The Kier molecular flexibility index (Phi) is 20.5. The first-order valence-electron chi connectivity index (χ1n) is 23.2. The van der Waals surface area contributed by atoms with E-state index in [1.807, 2.05) is 52.0 Å². The lowest BCUT2D eigenvalue weighted by Crippen LogP contribution is -2.60. The molecule has 0 aliphatic carbocycles. The summed E-state index contributed by atoms with van der Waals surface area (Å²) >= 11 is 0. The van der Waals surface area contributed by atoms with Crippen molar-refractivity contribution < 1.29 is 48.2 Å². The van der Waals surface area contributed by atoms with E-state index in [9.17, 15) is 43.5 Å². The van der Waals surface area contributed by atoms with Crippen molar-refractivity contribution in [2.24, 2.45) is 11.7 Å². The standard InChI is InChI=1S/C47H70N8O10/c1-6-8-18-34(50-41(57)32(48)17-11-13-23-40(56)65-5)42(58)51-35(19-9-7-2)43(59)52-36(26-29(3)4)45(61)54-24-14-21-38(54)44(60)53-37(46(62)55-25-15-22-39(55)47(63)64)27-30-28-49-33-20-12-10-16-31(30)33/h10,12-13,16,20,23,28-29,32,34-39,49H,6-9,11,14-15,17-19,21-22,24-27,48H2,1-5H3,(H,50,57)(H,51,58)(H,52,59)(H,53,60)(H,63,64). The maximum atomic E-state index is 14.5. The third kappa shape index (κ3) is 14.9. The Morgan fingerprint density at radius 2 is 1.37 bits per heavy atom. The van der Waals surface area contributed by atoms with Gasteiger partial charge >= 0.3 is 11.9 Å². The van der Waals surface area contributed by atoms with Crippen molar-refractivity contribution in [3.63, 3.8) is 0 Å². The second-order valence-corrected chi connectivity index (χ2v) is 17.5. The van der Waals surface area contributed by atoms with Gasteiger partial charge in [0.05, 0.1) is 13.2 Å². The van der Waals surface area contributed by atoms with Crippen LogP contribution in [0.3, 0.4) is 0 Å². The van der Waals surface area contributed by atoms with Gasteiger partial charge in [-0.2, -0.15) is 0 Å². The molecule has 0 spiro atoms. The van der Waals surface area contributed by atoms with E-state index in [2.05, 4.69) is 31.0 Å². The number of carbonyl (C=O) groups is 8. The molecule has 7 unspecified atom stereocenters. The molecule has 358 valence electrons. The highest BCUT2D eigenvalue weighted by Crippen LogP contribution is 2.25. The van der Waals surface area contributed by atoms with E-state index >= 15 is 0 Å². The van der Waals surface area contributed by atoms with E-state index in [1.54, 1.807) is 12.3 Å². The highest BCUT2D eigenvalue weighted by Gasteiger charge is 2.42. The molecule has 1 aromatic carbocycles. The number of aliphatic carboxylic acids is 1. The average Bonchev–Trinajstić information content (AvgIpc) is 4.07. The molecule has 0 radical (unpaired) electrons. The van der Waals surface area contributed by atoms with E-state index in [-0.39, 0.29) is 44.7 Å². The summed E-state index contributed by atoms with van der Waals surface area (Å²) in [6.07, 6.45) is 10.2. The van der Waals surface area contributed by atoms with Gasteiger partial charge in [-0.15, -0.1) is 0 Å². The molecule has 2 fully saturated rings. The number of H-pyrrole nitrogens is 1. The summed E-state index contributed by atoms with van der Waals surface area (Å²) in [6.45, 7) is 8.17. The maximum absolute atomic E-state index is 14.5. The van der Waals surface area contributed by atoms with Crippen molar-refractivity contribution in [3.8, 4) is 0 Å². The number of hydrogen-bond acceptors (Lipinski definition) is 10. The second kappa shape index (κ2) is 25.6. The van der Waals surface area contributed by atoms with Crippen molar-refractivity contribution in [1.29, 1.82) is 0 Å². The highest BCUT2D eigenvalue weighted by molar-refractivity contribution is 5.98. The zero-order valence-electron chi connectivity index (χ0n) is 38.6.